The zero-order valence-electron chi connectivity index (χ0n) is 18.9. The molecule has 8 heteroatoms. The van der Waals surface area contributed by atoms with Crippen LogP contribution in [-0.2, 0) is 16.4 Å². The average molecular weight is 476 g/mol. The lowest BCUT2D eigenvalue weighted by Crippen LogP contribution is -2.30. The highest BCUT2D eigenvalue weighted by Gasteiger charge is 2.19. The molecule has 7 nitrogen and oxygen atoms in total. The lowest BCUT2D eigenvalue weighted by Gasteiger charge is -2.12. The second-order valence-corrected chi connectivity index (χ2v) is 9.84. The molecule has 0 aliphatic heterocycles. The Kier molecular flexibility index (Phi) is 6.51. The maximum Gasteiger partial charge on any atom is 0.261 e. The van der Waals surface area contributed by atoms with Gasteiger partial charge in [0.05, 0.1) is 10.6 Å². The van der Waals surface area contributed by atoms with Crippen LogP contribution in [0.25, 0.3) is 10.9 Å². The van der Waals surface area contributed by atoms with E-state index < -0.39 is 21.4 Å². The number of anilines is 1. The summed E-state index contributed by atoms with van der Waals surface area (Å²) >= 11 is 0. The van der Waals surface area contributed by atoms with Crippen LogP contribution in [0, 0.1) is 13.8 Å². The quantitative estimate of drug-likeness (QED) is 0.376. The van der Waals surface area contributed by atoms with Crippen molar-refractivity contribution in [3.63, 3.8) is 0 Å². The topological polar surface area (TPSA) is 108 Å². The number of rotatable bonds is 7. The van der Waals surface area contributed by atoms with Gasteiger partial charge in [-0.1, -0.05) is 48.0 Å². The predicted octanol–water partition coefficient (Wildman–Crippen LogP) is 3.92. The molecule has 3 aromatic carbocycles. The average Bonchev–Trinajstić information content (AvgIpc) is 2.81. The zero-order valence-corrected chi connectivity index (χ0v) is 19.7. The molecular weight excluding hydrogens is 450 g/mol. The van der Waals surface area contributed by atoms with Gasteiger partial charge in [-0.25, -0.2) is 8.42 Å². The molecule has 174 valence electrons. The van der Waals surface area contributed by atoms with Crippen molar-refractivity contribution in [1.82, 2.24) is 10.3 Å². The van der Waals surface area contributed by atoms with Gasteiger partial charge in [-0.15, -0.1) is 0 Å². The highest BCUT2D eigenvalue weighted by atomic mass is 32.2. The maximum absolute atomic E-state index is 13.0. The Balaban J connectivity index is 1.58. The van der Waals surface area contributed by atoms with E-state index in [2.05, 4.69) is 15.0 Å². The molecule has 0 saturated heterocycles. The third-order valence-corrected chi connectivity index (χ3v) is 6.94. The molecule has 4 rings (SSSR count). The number of amides is 1. The summed E-state index contributed by atoms with van der Waals surface area (Å²) in [6.45, 7) is 4.11. The fraction of sp³-hybridized carbons (Fsp3) is 0.154. The number of pyridine rings is 1. The zero-order chi connectivity index (χ0) is 24.3. The van der Waals surface area contributed by atoms with E-state index in [9.17, 15) is 18.0 Å². The van der Waals surface area contributed by atoms with Gasteiger partial charge in [0, 0.05) is 23.6 Å². The molecule has 1 heterocycles. The van der Waals surface area contributed by atoms with Gasteiger partial charge in [-0.3, -0.25) is 14.3 Å². The molecular formula is C26H25N3O4S. The number of aryl methyl sites for hydroxylation is 2. The first-order valence-electron chi connectivity index (χ1n) is 10.8. The van der Waals surface area contributed by atoms with Crippen molar-refractivity contribution in [3.8, 4) is 0 Å². The molecule has 0 saturated carbocycles. The summed E-state index contributed by atoms with van der Waals surface area (Å²) in [6, 6.07) is 19.3. The maximum atomic E-state index is 13.0. The normalized spacial score (nSPS) is 11.4. The number of aromatic nitrogens is 1. The molecule has 4 aromatic rings. The number of carbonyl (C=O) groups is 1. The molecule has 0 aliphatic carbocycles. The highest BCUT2D eigenvalue weighted by Crippen LogP contribution is 2.22. The number of nitrogens with one attached hydrogen (secondary N) is 3. The molecule has 0 bridgehead atoms. The Labute approximate surface area is 197 Å². The smallest absolute Gasteiger partial charge is 0.261 e. The summed E-state index contributed by atoms with van der Waals surface area (Å²) in [5.74, 6) is -0.513. The number of aromatic amines is 1. The van der Waals surface area contributed by atoms with E-state index in [1.807, 2.05) is 56.3 Å². The van der Waals surface area contributed by atoms with E-state index in [1.165, 1.54) is 24.4 Å². The molecule has 34 heavy (non-hydrogen) atoms. The SMILES string of the molecule is Cc1ccc(NS(=O)(=O)c2ccc3[nH]cc(C(=O)NCCc4ccccc4)c(=O)c3c2)c(C)c1. The van der Waals surface area contributed by atoms with Gasteiger partial charge in [0.25, 0.3) is 15.9 Å². The van der Waals surface area contributed by atoms with Crippen molar-refractivity contribution >= 4 is 32.5 Å². The van der Waals surface area contributed by atoms with Crippen LogP contribution in [0.3, 0.4) is 0 Å². The van der Waals surface area contributed by atoms with E-state index in [0.29, 0.717) is 24.2 Å². The Bertz CT molecular complexity index is 1530. The third kappa shape index (κ3) is 5.02. The molecule has 1 amide bonds. The van der Waals surface area contributed by atoms with E-state index in [4.69, 9.17) is 0 Å². The summed E-state index contributed by atoms with van der Waals surface area (Å²) in [5.41, 5.74) is 3.18. The van der Waals surface area contributed by atoms with Crippen LogP contribution in [0.15, 0.2) is 82.6 Å². The van der Waals surface area contributed by atoms with Crippen molar-refractivity contribution in [2.45, 2.75) is 25.2 Å². The number of hydrogen-bond acceptors (Lipinski definition) is 4. The first-order chi connectivity index (χ1) is 16.2. The Hall–Kier alpha value is -3.91. The van der Waals surface area contributed by atoms with Crippen LogP contribution in [0.1, 0.15) is 27.0 Å². The van der Waals surface area contributed by atoms with Crippen LogP contribution in [0.5, 0.6) is 0 Å². The number of fused-ring (bicyclic) bond motifs is 1. The van der Waals surface area contributed by atoms with E-state index in [-0.39, 0.29) is 15.8 Å². The van der Waals surface area contributed by atoms with Crippen LogP contribution in [-0.4, -0.2) is 25.9 Å². The third-order valence-electron chi connectivity index (χ3n) is 5.58. The minimum atomic E-state index is -3.94. The molecule has 0 radical (unpaired) electrons. The van der Waals surface area contributed by atoms with Crippen LogP contribution >= 0.6 is 0 Å². The van der Waals surface area contributed by atoms with Gasteiger partial charge < -0.3 is 10.3 Å². The van der Waals surface area contributed by atoms with Crippen molar-refractivity contribution < 1.29 is 13.2 Å². The highest BCUT2D eigenvalue weighted by molar-refractivity contribution is 7.92. The van der Waals surface area contributed by atoms with Crippen LogP contribution < -0.4 is 15.5 Å². The van der Waals surface area contributed by atoms with Crippen molar-refractivity contribution in [3.05, 3.63) is 105 Å². The molecule has 0 aliphatic rings. The number of sulfonamides is 1. The Morgan fingerprint density at radius 2 is 1.74 bits per heavy atom. The van der Waals surface area contributed by atoms with Gasteiger partial charge in [0.15, 0.2) is 0 Å². The Morgan fingerprint density at radius 3 is 2.47 bits per heavy atom. The largest absolute Gasteiger partial charge is 0.360 e. The summed E-state index contributed by atoms with van der Waals surface area (Å²) in [5, 5.41) is 2.88. The first-order valence-corrected chi connectivity index (χ1v) is 12.3. The molecule has 0 fully saturated rings. The molecule has 0 spiro atoms. The van der Waals surface area contributed by atoms with Gasteiger partial charge >= 0.3 is 0 Å². The van der Waals surface area contributed by atoms with Gasteiger partial charge in [-0.05, 0) is 55.7 Å². The van der Waals surface area contributed by atoms with Gasteiger partial charge in [-0.2, -0.15) is 0 Å². The Morgan fingerprint density at radius 1 is 0.971 bits per heavy atom. The fourth-order valence-corrected chi connectivity index (χ4v) is 4.88. The second-order valence-electron chi connectivity index (χ2n) is 8.15. The van der Waals surface area contributed by atoms with Crippen LogP contribution in [0.2, 0.25) is 0 Å². The van der Waals surface area contributed by atoms with E-state index in [1.54, 1.807) is 6.07 Å². The molecule has 0 unspecified atom stereocenters. The standard InChI is InChI=1S/C26H25N3O4S/c1-17-8-10-23(18(2)14-17)29-34(32,33)20-9-11-24-21(15-20)25(30)22(16-28-24)26(31)27-13-12-19-6-4-3-5-7-19/h3-11,14-16,29H,12-13H2,1-2H3,(H,27,31)(H,28,30). The second kappa shape index (κ2) is 9.52. The molecule has 3 N–H and O–H groups in total. The number of H-pyrrole nitrogens is 1. The van der Waals surface area contributed by atoms with E-state index >= 15 is 0 Å². The van der Waals surface area contributed by atoms with E-state index in [0.717, 1.165) is 16.7 Å². The lowest BCUT2D eigenvalue weighted by atomic mass is 10.1. The number of hydrogen-bond donors (Lipinski definition) is 3. The minimum Gasteiger partial charge on any atom is -0.360 e. The summed E-state index contributed by atoms with van der Waals surface area (Å²) in [4.78, 5) is 28.5. The minimum absolute atomic E-state index is 0.0629. The van der Waals surface area contributed by atoms with Gasteiger partial charge in [0.2, 0.25) is 5.43 Å². The number of carbonyl (C=O) groups excluding carboxylic acids is 1. The predicted molar refractivity (Wildman–Crippen MR) is 134 cm³/mol. The number of benzene rings is 3. The first kappa shape index (κ1) is 23.3. The molecule has 1 aromatic heterocycles. The van der Waals surface area contributed by atoms with Crippen molar-refractivity contribution in [2.75, 3.05) is 11.3 Å². The van der Waals surface area contributed by atoms with Crippen LogP contribution in [0.4, 0.5) is 5.69 Å². The summed E-state index contributed by atoms with van der Waals surface area (Å²) in [6.07, 6.45) is 1.98. The molecule has 0 atom stereocenters. The summed E-state index contributed by atoms with van der Waals surface area (Å²) in [7, 11) is -3.94. The fourth-order valence-electron chi connectivity index (χ4n) is 3.73. The monoisotopic (exact) mass is 475 g/mol. The van der Waals surface area contributed by atoms with Gasteiger partial charge in [0.1, 0.15) is 5.56 Å². The van der Waals surface area contributed by atoms with Crippen molar-refractivity contribution in [2.24, 2.45) is 0 Å². The lowest BCUT2D eigenvalue weighted by molar-refractivity contribution is 0.0953. The van der Waals surface area contributed by atoms with Crippen molar-refractivity contribution in [1.29, 1.82) is 0 Å². The summed E-state index contributed by atoms with van der Waals surface area (Å²) < 4.78 is 28.5.